The first-order valence-corrected chi connectivity index (χ1v) is 8.06. The van der Waals surface area contributed by atoms with Crippen LogP contribution in [0.2, 0.25) is 0 Å². The van der Waals surface area contributed by atoms with Crippen molar-refractivity contribution in [3.8, 4) is 0 Å². The standard InChI is InChI=1S/C14H26N2OS/c1-11-5-6-14(7-9-15-10-8-14)12(11)16-18(17)13(2,3)4/h5,12,15-16H,6-10H2,1-4H3/t12-,18?/m1/s1. The van der Waals surface area contributed by atoms with Crippen molar-refractivity contribution >= 4 is 11.0 Å². The second-order valence-electron chi connectivity index (χ2n) is 6.70. The summed E-state index contributed by atoms with van der Waals surface area (Å²) >= 11 is 0. The van der Waals surface area contributed by atoms with Gasteiger partial charge in [-0.3, -0.25) is 0 Å². The highest BCUT2D eigenvalue weighted by Gasteiger charge is 2.44. The van der Waals surface area contributed by atoms with Crippen LogP contribution in [0.25, 0.3) is 0 Å². The third-order valence-corrected chi connectivity index (χ3v) is 5.84. The minimum absolute atomic E-state index is 0.197. The van der Waals surface area contributed by atoms with Gasteiger partial charge in [0.25, 0.3) is 0 Å². The molecule has 0 aromatic heterocycles. The first-order valence-electron chi connectivity index (χ1n) is 6.91. The molecule has 4 heteroatoms. The minimum atomic E-state index is -0.987. The van der Waals surface area contributed by atoms with Crippen LogP contribution < -0.4 is 10.0 Å². The molecule has 1 fully saturated rings. The summed E-state index contributed by atoms with van der Waals surface area (Å²) in [6.45, 7) is 10.4. The quantitative estimate of drug-likeness (QED) is 0.755. The van der Waals surface area contributed by atoms with E-state index < -0.39 is 11.0 Å². The van der Waals surface area contributed by atoms with Gasteiger partial charge in [-0.1, -0.05) is 11.6 Å². The molecule has 1 aliphatic heterocycles. The molecule has 2 N–H and O–H groups in total. The van der Waals surface area contributed by atoms with Crippen LogP contribution in [0.4, 0.5) is 0 Å². The summed E-state index contributed by atoms with van der Waals surface area (Å²) in [7, 11) is -0.987. The summed E-state index contributed by atoms with van der Waals surface area (Å²) in [5, 5.41) is 3.43. The van der Waals surface area contributed by atoms with Gasteiger partial charge in [-0.25, -0.2) is 8.93 Å². The van der Waals surface area contributed by atoms with Gasteiger partial charge in [0.15, 0.2) is 0 Å². The number of piperidine rings is 1. The van der Waals surface area contributed by atoms with E-state index in [0.29, 0.717) is 11.5 Å². The maximum Gasteiger partial charge on any atom is 0.0976 e. The van der Waals surface area contributed by atoms with Crippen LogP contribution in [-0.2, 0) is 11.0 Å². The first kappa shape index (κ1) is 14.2. The molecule has 0 bridgehead atoms. The van der Waals surface area contributed by atoms with Gasteiger partial charge in [-0.15, -0.1) is 0 Å². The van der Waals surface area contributed by atoms with Crippen molar-refractivity contribution < 1.29 is 4.21 Å². The van der Waals surface area contributed by atoms with E-state index >= 15 is 0 Å². The fourth-order valence-electron chi connectivity index (χ4n) is 3.00. The number of nitrogens with one attached hydrogen (secondary N) is 2. The van der Waals surface area contributed by atoms with Crippen LogP contribution >= 0.6 is 0 Å². The SMILES string of the molecule is CC1=CCC2(CCNCC2)[C@@H]1NS(=O)C(C)(C)C. The van der Waals surface area contributed by atoms with Gasteiger partial charge in [-0.05, 0) is 65.5 Å². The Hall–Kier alpha value is -0.190. The molecule has 0 amide bonds. The lowest BCUT2D eigenvalue weighted by Gasteiger charge is -2.41. The summed E-state index contributed by atoms with van der Waals surface area (Å²) < 4.78 is 15.6. The largest absolute Gasteiger partial charge is 0.317 e. The third kappa shape index (κ3) is 2.70. The monoisotopic (exact) mass is 270 g/mol. The zero-order valence-corrected chi connectivity index (χ0v) is 12.8. The highest BCUT2D eigenvalue weighted by Crippen LogP contribution is 2.44. The average Bonchev–Trinajstić information content (AvgIpc) is 2.58. The second-order valence-corrected chi connectivity index (χ2v) is 8.69. The van der Waals surface area contributed by atoms with Crippen LogP contribution in [0.1, 0.15) is 47.0 Å². The van der Waals surface area contributed by atoms with E-state index in [4.69, 9.17) is 0 Å². The highest BCUT2D eigenvalue weighted by atomic mass is 32.2. The van der Waals surface area contributed by atoms with Gasteiger partial charge >= 0.3 is 0 Å². The van der Waals surface area contributed by atoms with E-state index in [1.54, 1.807) is 0 Å². The summed E-state index contributed by atoms with van der Waals surface area (Å²) in [6, 6.07) is 0.291. The van der Waals surface area contributed by atoms with Crippen molar-refractivity contribution in [2.75, 3.05) is 13.1 Å². The zero-order chi connectivity index (χ0) is 13.4. The van der Waals surface area contributed by atoms with E-state index in [1.165, 1.54) is 18.4 Å². The molecule has 1 aliphatic carbocycles. The lowest BCUT2D eigenvalue weighted by molar-refractivity contribution is 0.182. The Labute approximate surface area is 113 Å². The second kappa shape index (κ2) is 5.06. The molecule has 0 aromatic carbocycles. The summed E-state index contributed by atoms with van der Waals surface area (Å²) in [6.07, 6.45) is 5.84. The fourth-order valence-corrected chi connectivity index (χ4v) is 4.01. The van der Waals surface area contributed by atoms with Crippen molar-refractivity contribution in [3.05, 3.63) is 11.6 Å². The van der Waals surface area contributed by atoms with Crippen LogP contribution in [0.3, 0.4) is 0 Å². The number of rotatable bonds is 2. The molecule has 1 unspecified atom stereocenters. The summed E-state index contributed by atoms with van der Waals surface area (Å²) in [5.41, 5.74) is 1.67. The molecule has 0 saturated carbocycles. The highest BCUT2D eigenvalue weighted by molar-refractivity contribution is 7.84. The Morgan fingerprint density at radius 3 is 2.56 bits per heavy atom. The topological polar surface area (TPSA) is 41.1 Å². The van der Waals surface area contributed by atoms with Gasteiger partial charge in [0.1, 0.15) is 0 Å². The molecular weight excluding hydrogens is 244 g/mol. The Morgan fingerprint density at radius 2 is 2.00 bits per heavy atom. The maximum atomic E-state index is 12.3. The summed E-state index contributed by atoms with van der Waals surface area (Å²) in [4.78, 5) is 0. The molecule has 3 nitrogen and oxygen atoms in total. The van der Waals surface area contributed by atoms with E-state index in [9.17, 15) is 4.21 Å². The zero-order valence-electron chi connectivity index (χ0n) is 12.0. The van der Waals surface area contributed by atoms with E-state index in [1.807, 2.05) is 20.8 Å². The Kier molecular flexibility index (Phi) is 4.00. The van der Waals surface area contributed by atoms with E-state index in [2.05, 4.69) is 23.0 Å². The summed E-state index contributed by atoms with van der Waals surface area (Å²) in [5.74, 6) is 0. The smallest absolute Gasteiger partial charge is 0.0976 e. The molecule has 1 heterocycles. The molecular formula is C14H26N2OS. The van der Waals surface area contributed by atoms with E-state index in [0.717, 1.165) is 19.5 Å². The van der Waals surface area contributed by atoms with E-state index in [-0.39, 0.29) is 4.75 Å². The average molecular weight is 270 g/mol. The van der Waals surface area contributed by atoms with Gasteiger partial charge in [0, 0.05) is 6.04 Å². The molecule has 2 aliphatic rings. The minimum Gasteiger partial charge on any atom is -0.317 e. The van der Waals surface area contributed by atoms with Crippen molar-refractivity contribution in [2.45, 2.75) is 57.7 Å². The molecule has 1 saturated heterocycles. The number of hydrogen-bond acceptors (Lipinski definition) is 2. The molecule has 2 atom stereocenters. The van der Waals surface area contributed by atoms with Crippen LogP contribution in [0.5, 0.6) is 0 Å². The van der Waals surface area contributed by atoms with Crippen molar-refractivity contribution in [1.82, 2.24) is 10.0 Å². The van der Waals surface area contributed by atoms with Crippen molar-refractivity contribution in [2.24, 2.45) is 5.41 Å². The lowest BCUT2D eigenvalue weighted by atomic mass is 9.73. The molecule has 2 rings (SSSR count). The molecule has 1 spiro atoms. The predicted octanol–water partition coefficient (Wildman–Crippen LogP) is 2.13. The normalized spacial score (nSPS) is 29.3. The van der Waals surface area contributed by atoms with Crippen molar-refractivity contribution in [3.63, 3.8) is 0 Å². The van der Waals surface area contributed by atoms with Gasteiger partial charge in [-0.2, -0.15) is 0 Å². The molecule has 0 radical (unpaired) electrons. The maximum absolute atomic E-state index is 12.3. The van der Waals surface area contributed by atoms with Gasteiger partial charge in [0.05, 0.1) is 15.7 Å². The van der Waals surface area contributed by atoms with Crippen LogP contribution in [-0.4, -0.2) is 28.1 Å². The Balaban J connectivity index is 2.13. The van der Waals surface area contributed by atoms with Gasteiger partial charge in [0.2, 0.25) is 0 Å². The molecule has 18 heavy (non-hydrogen) atoms. The van der Waals surface area contributed by atoms with Crippen molar-refractivity contribution in [1.29, 1.82) is 0 Å². The molecule has 104 valence electrons. The fraction of sp³-hybridized carbons (Fsp3) is 0.857. The third-order valence-electron chi connectivity index (χ3n) is 4.28. The number of allylic oxidation sites excluding steroid dienone is 1. The number of hydrogen-bond donors (Lipinski definition) is 2. The van der Waals surface area contributed by atoms with Gasteiger partial charge < -0.3 is 5.32 Å². The van der Waals surface area contributed by atoms with Crippen LogP contribution in [0, 0.1) is 5.41 Å². The molecule has 0 aromatic rings. The van der Waals surface area contributed by atoms with Crippen LogP contribution in [0.15, 0.2) is 11.6 Å². The Bertz CT molecular complexity index is 364. The first-order chi connectivity index (χ1) is 8.35. The lowest BCUT2D eigenvalue weighted by Crippen LogP contribution is -2.51. The Morgan fingerprint density at radius 1 is 1.39 bits per heavy atom. The predicted molar refractivity (Wildman–Crippen MR) is 77.7 cm³/mol.